The molecule has 0 radical (unpaired) electrons. The van der Waals surface area contributed by atoms with Crippen molar-refractivity contribution in [3.63, 3.8) is 0 Å². The normalized spacial score (nSPS) is 10.5. The van der Waals surface area contributed by atoms with Crippen LogP contribution in [0.3, 0.4) is 0 Å². The zero-order valence-corrected chi connectivity index (χ0v) is 16.8. The molecule has 1 heterocycles. The van der Waals surface area contributed by atoms with Crippen LogP contribution in [0.2, 0.25) is 0 Å². The fourth-order valence-corrected chi connectivity index (χ4v) is 3.51. The van der Waals surface area contributed by atoms with Crippen molar-refractivity contribution in [1.82, 2.24) is 4.98 Å². The van der Waals surface area contributed by atoms with Gasteiger partial charge in [0.15, 0.2) is 5.13 Å². The van der Waals surface area contributed by atoms with Crippen molar-refractivity contribution in [3.8, 4) is 28.5 Å². The number of nitrogens with one attached hydrogen (secondary N) is 1. The maximum atomic E-state index is 12.5. The average Bonchev–Trinajstić information content (AvgIpc) is 3.23. The van der Waals surface area contributed by atoms with Crippen LogP contribution in [0.1, 0.15) is 20.7 Å². The Morgan fingerprint density at radius 1 is 0.935 bits per heavy atom. The molecule has 0 aliphatic rings. The van der Waals surface area contributed by atoms with Gasteiger partial charge in [-0.3, -0.25) is 10.1 Å². The van der Waals surface area contributed by atoms with Crippen LogP contribution in [0.15, 0.2) is 78.2 Å². The largest absolute Gasteiger partial charge is 0.507 e. The summed E-state index contributed by atoms with van der Waals surface area (Å²) in [5.41, 5.74) is 1.24. The second-order valence-electron chi connectivity index (χ2n) is 6.47. The van der Waals surface area contributed by atoms with Gasteiger partial charge in [0.25, 0.3) is 5.91 Å². The molecule has 154 valence electrons. The van der Waals surface area contributed by atoms with Crippen LogP contribution in [0.25, 0.3) is 11.3 Å². The lowest BCUT2D eigenvalue weighted by Gasteiger charge is -2.06. The van der Waals surface area contributed by atoms with Crippen molar-refractivity contribution in [2.45, 2.75) is 0 Å². The highest BCUT2D eigenvalue weighted by Crippen LogP contribution is 2.29. The van der Waals surface area contributed by atoms with Gasteiger partial charge in [-0.15, -0.1) is 11.3 Å². The highest BCUT2D eigenvalue weighted by molar-refractivity contribution is 7.14. The molecular weight excluding hydrogens is 416 g/mol. The second kappa shape index (κ2) is 8.68. The van der Waals surface area contributed by atoms with E-state index in [-0.39, 0.29) is 17.2 Å². The monoisotopic (exact) mass is 432 g/mol. The molecule has 7 nitrogen and oxygen atoms in total. The Bertz CT molecular complexity index is 1240. The minimum Gasteiger partial charge on any atom is -0.507 e. The predicted octanol–water partition coefficient (Wildman–Crippen LogP) is 5.26. The van der Waals surface area contributed by atoms with E-state index in [1.807, 2.05) is 30.3 Å². The molecule has 3 N–H and O–H groups in total. The number of carbonyl (C=O) groups is 2. The first-order chi connectivity index (χ1) is 15.0. The third-order valence-corrected chi connectivity index (χ3v) is 5.10. The standard InChI is InChI=1S/C23H16N2O5S/c26-20-11-8-15(12-18(20)22(28)29)19-13-31-23(24-19)25-21(27)14-6-9-17(10-7-14)30-16-4-2-1-3-5-16/h1-13,26H,(H,28,29)(H,24,25,27). The zero-order valence-electron chi connectivity index (χ0n) is 16.0. The highest BCUT2D eigenvalue weighted by Gasteiger charge is 2.14. The maximum absolute atomic E-state index is 12.5. The number of carboxylic acids is 1. The van der Waals surface area contributed by atoms with E-state index in [1.54, 1.807) is 35.7 Å². The van der Waals surface area contributed by atoms with Gasteiger partial charge in [0, 0.05) is 16.5 Å². The number of carboxylic acid groups (broad SMARTS) is 1. The fourth-order valence-electron chi connectivity index (χ4n) is 2.80. The summed E-state index contributed by atoms with van der Waals surface area (Å²) in [6, 6.07) is 20.3. The summed E-state index contributed by atoms with van der Waals surface area (Å²) in [6.45, 7) is 0. The van der Waals surface area contributed by atoms with Gasteiger partial charge in [0.05, 0.1) is 5.69 Å². The lowest BCUT2D eigenvalue weighted by atomic mass is 10.1. The average molecular weight is 432 g/mol. The molecule has 0 saturated heterocycles. The van der Waals surface area contributed by atoms with Gasteiger partial charge in [-0.05, 0) is 54.6 Å². The van der Waals surface area contributed by atoms with Crippen molar-refractivity contribution in [1.29, 1.82) is 0 Å². The lowest BCUT2D eigenvalue weighted by Crippen LogP contribution is -2.11. The number of nitrogens with zero attached hydrogens (tertiary/aromatic N) is 1. The molecule has 0 spiro atoms. The van der Waals surface area contributed by atoms with Crippen LogP contribution in [-0.4, -0.2) is 27.1 Å². The van der Waals surface area contributed by atoms with Gasteiger partial charge in [-0.2, -0.15) is 0 Å². The van der Waals surface area contributed by atoms with Gasteiger partial charge in [0.1, 0.15) is 22.8 Å². The number of aromatic carboxylic acids is 1. The summed E-state index contributed by atoms with van der Waals surface area (Å²) in [7, 11) is 0. The third-order valence-electron chi connectivity index (χ3n) is 4.34. The number of anilines is 1. The summed E-state index contributed by atoms with van der Waals surface area (Å²) in [5.74, 6) is -0.567. The Morgan fingerprint density at radius 2 is 1.65 bits per heavy atom. The van der Waals surface area contributed by atoms with Crippen molar-refractivity contribution >= 4 is 28.3 Å². The summed E-state index contributed by atoms with van der Waals surface area (Å²) in [5, 5.41) is 23.6. The Balaban J connectivity index is 1.44. The number of aromatic nitrogens is 1. The van der Waals surface area contributed by atoms with Crippen LogP contribution < -0.4 is 10.1 Å². The van der Waals surface area contributed by atoms with E-state index >= 15 is 0 Å². The Labute approximate surface area is 181 Å². The van der Waals surface area contributed by atoms with Crippen molar-refractivity contribution < 1.29 is 24.5 Å². The fraction of sp³-hybridized carbons (Fsp3) is 0. The number of amides is 1. The molecule has 0 aliphatic heterocycles. The summed E-state index contributed by atoms with van der Waals surface area (Å²) >= 11 is 1.21. The number of para-hydroxylation sites is 1. The lowest BCUT2D eigenvalue weighted by molar-refractivity contribution is 0.0693. The summed E-state index contributed by atoms with van der Waals surface area (Å²) in [6.07, 6.45) is 0. The molecule has 0 unspecified atom stereocenters. The number of carbonyl (C=O) groups excluding carboxylic acids is 1. The molecule has 1 amide bonds. The van der Waals surface area contributed by atoms with Crippen molar-refractivity contribution in [3.05, 3.63) is 89.3 Å². The molecule has 31 heavy (non-hydrogen) atoms. The quantitative estimate of drug-likeness (QED) is 0.384. The van der Waals surface area contributed by atoms with Crippen molar-refractivity contribution in [2.24, 2.45) is 0 Å². The number of hydrogen-bond acceptors (Lipinski definition) is 6. The Morgan fingerprint density at radius 3 is 2.35 bits per heavy atom. The Hall–Kier alpha value is -4.17. The third kappa shape index (κ3) is 4.71. The number of benzene rings is 3. The summed E-state index contributed by atoms with van der Waals surface area (Å²) < 4.78 is 5.72. The molecular formula is C23H16N2O5S. The maximum Gasteiger partial charge on any atom is 0.339 e. The topological polar surface area (TPSA) is 109 Å². The second-order valence-corrected chi connectivity index (χ2v) is 7.33. The highest BCUT2D eigenvalue weighted by atomic mass is 32.1. The first kappa shape index (κ1) is 20.1. The van der Waals surface area contributed by atoms with E-state index in [9.17, 15) is 14.7 Å². The van der Waals surface area contributed by atoms with E-state index in [0.29, 0.717) is 33.5 Å². The van der Waals surface area contributed by atoms with E-state index in [0.717, 1.165) is 0 Å². The number of thiazole rings is 1. The van der Waals surface area contributed by atoms with E-state index in [1.165, 1.54) is 23.5 Å². The SMILES string of the molecule is O=C(Nc1nc(-c2ccc(O)c(C(=O)O)c2)cs1)c1ccc(Oc2ccccc2)cc1. The van der Waals surface area contributed by atoms with Gasteiger partial charge < -0.3 is 14.9 Å². The predicted molar refractivity (Wildman–Crippen MR) is 117 cm³/mol. The van der Waals surface area contributed by atoms with E-state index in [2.05, 4.69) is 10.3 Å². The molecule has 4 rings (SSSR count). The molecule has 8 heteroatoms. The first-order valence-electron chi connectivity index (χ1n) is 9.16. The van der Waals surface area contributed by atoms with Crippen LogP contribution in [0, 0.1) is 0 Å². The number of ether oxygens (including phenoxy) is 1. The van der Waals surface area contributed by atoms with E-state index in [4.69, 9.17) is 9.84 Å². The minimum absolute atomic E-state index is 0.214. The molecule has 0 aliphatic carbocycles. The Kier molecular flexibility index (Phi) is 5.63. The number of rotatable bonds is 6. The smallest absolute Gasteiger partial charge is 0.339 e. The molecule has 0 saturated carbocycles. The minimum atomic E-state index is -1.23. The number of hydrogen-bond donors (Lipinski definition) is 3. The van der Waals surface area contributed by atoms with Gasteiger partial charge in [0.2, 0.25) is 0 Å². The van der Waals surface area contributed by atoms with Crippen LogP contribution >= 0.6 is 11.3 Å². The first-order valence-corrected chi connectivity index (χ1v) is 10.0. The molecule has 4 aromatic rings. The van der Waals surface area contributed by atoms with Gasteiger partial charge in [-0.1, -0.05) is 18.2 Å². The zero-order chi connectivity index (χ0) is 21.8. The molecule has 0 atom stereocenters. The van der Waals surface area contributed by atoms with Gasteiger partial charge >= 0.3 is 5.97 Å². The molecule has 0 fully saturated rings. The molecule has 3 aromatic carbocycles. The van der Waals surface area contributed by atoms with Crippen LogP contribution in [0.5, 0.6) is 17.2 Å². The summed E-state index contributed by atoms with van der Waals surface area (Å²) in [4.78, 5) is 28.1. The number of phenols is 1. The van der Waals surface area contributed by atoms with Crippen molar-refractivity contribution in [2.75, 3.05) is 5.32 Å². The molecule has 0 bridgehead atoms. The van der Waals surface area contributed by atoms with E-state index < -0.39 is 5.97 Å². The van der Waals surface area contributed by atoms with Crippen LogP contribution in [-0.2, 0) is 0 Å². The number of aromatic hydroxyl groups is 1. The van der Waals surface area contributed by atoms with Gasteiger partial charge in [-0.25, -0.2) is 9.78 Å². The van der Waals surface area contributed by atoms with Crippen LogP contribution in [0.4, 0.5) is 5.13 Å². The molecule has 1 aromatic heterocycles.